The first-order valence-corrected chi connectivity index (χ1v) is 3.43. The van der Waals surface area contributed by atoms with Gasteiger partial charge in [0.25, 0.3) is 0 Å². The average molecular weight is 180 g/mol. The lowest BCUT2D eigenvalue weighted by molar-refractivity contribution is -0.117. The van der Waals surface area contributed by atoms with Crippen LogP contribution in [-0.4, -0.2) is 36.9 Å². The molecule has 0 bridgehead atoms. The maximum absolute atomic E-state index is 10.7. The van der Waals surface area contributed by atoms with Gasteiger partial charge in [-0.05, 0) is 0 Å². The van der Waals surface area contributed by atoms with E-state index < -0.39 is 11.9 Å². The van der Waals surface area contributed by atoms with E-state index in [9.17, 15) is 9.59 Å². The van der Waals surface area contributed by atoms with E-state index in [0.717, 1.165) is 0 Å². The zero-order valence-corrected chi connectivity index (χ0v) is 7.10. The van der Waals surface area contributed by atoms with E-state index in [0.29, 0.717) is 0 Å². The summed E-state index contributed by atoms with van der Waals surface area (Å²) in [5, 5.41) is 3.41. The van der Waals surface area contributed by atoms with Gasteiger partial charge in [-0.2, -0.15) is 0 Å². The van der Waals surface area contributed by atoms with Gasteiger partial charge >= 0.3 is 6.03 Å². The summed E-state index contributed by atoms with van der Waals surface area (Å²) < 4.78 is 0. The molecule has 0 unspecified atom stereocenters. The predicted molar refractivity (Wildman–Crippen MR) is 41.1 cm³/mol. The van der Waals surface area contributed by atoms with Crippen LogP contribution in [0.25, 0.3) is 0 Å². The number of carbonyl (C=O) groups is 2. The third kappa shape index (κ3) is 5.63. The first-order valence-electron chi connectivity index (χ1n) is 2.90. The van der Waals surface area contributed by atoms with Crippen molar-refractivity contribution in [2.45, 2.75) is 0 Å². The van der Waals surface area contributed by atoms with Crippen LogP contribution < -0.4 is 10.7 Å². The molecule has 0 heterocycles. The predicted octanol–water partition coefficient (Wildman–Crippen LogP) is -0.472. The first kappa shape index (κ1) is 10.2. The number of halogens is 1. The highest BCUT2D eigenvalue weighted by atomic mass is 35.5. The van der Waals surface area contributed by atoms with Gasteiger partial charge in [-0.1, -0.05) is 0 Å². The SMILES string of the molecule is CN(C)NC(=O)NC(=O)CCl. The number of amides is 3. The lowest BCUT2D eigenvalue weighted by Gasteiger charge is -2.10. The van der Waals surface area contributed by atoms with Crippen LogP contribution in [0, 0.1) is 0 Å². The Hall–Kier alpha value is -0.810. The van der Waals surface area contributed by atoms with E-state index in [-0.39, 0.29) is 5.88 Å². The van der Waals surface area contributed by atoms with E-state index in [2.05, 4.69) is 5.43 Å². The molecule has 0 aromatic heterocycles. The zero-order valence-electron chi connectivity index (χ0n) is 6.35. The van der Waals surface area contributed by atoms with Crippen LogP contribution in [0.15, 0.2) is 0 Å². The molecule has 0 aliphatic carbocycles. The number of rotatable bonds is 2. The maximum Gasteiger partial charge on any atom is 0.335 e. The molecule has 0 saturated heterocycles. The molecular formula is C5H10ClN3O2. The molecule has 64 valence electrons. The van der Waals surface area contributed by atoms with E-state index in [1.54, 1.807) is 14.1 Å². The van der Waals surface area contributed by atoms with Crippen molar-refractivity contribution in [3.63, 3.8) is 0 Å². The molecule has 0 aromatic carbocycles. The second kappa shape index (κ2) is 4.92. The molecule has 0 atom stereocenters. The number of hydrogen-bond acceptors (Lipinski definition) is 3. The summed E-state index contributed by atoms with van der Waals surface area (Å²) in [5.74, 6) is -0.744. The summed E-state index contributed by atoms with van der Waals surface area (Å²) in [7, 11) is 3.26. The summed E-state index contributed by atoms with van der Waals surface area (Å²) in [5.41, 5.74) is 2.31. The fraction of sp³-hybridized carbons (Fsp3) is 0.600. The van der Waals surface area contributed by atoms with Crippen molar-refractivity contribution < 1.29 is 9.59 Å². The molecule has 0 aromatic rings. The highest BCUT2D eigenvalue weighted by molar-refractivity contribution is 6.28. The second-order valence-corrected chi connectivity index (χ2v) is 2.28. The molecule has 0 rings (SSSR count). The summed E-state index contributed by atoms with van der Waals surface area (Å²) >= 11 is 5.13. The van der Waals surface area contributed by atoms with Gasteiger partial charge in [-0.15, -0.1) is 11.6 Å². The molecular weight excluding hydrogens is 170 g/mol. The minimum absolute atomic E-state index is 0.221. The van der Waals surface area contributed by atoms with E-state index in [4.69, 9.17) is 11.6 Å². The summed E-state index contributed by atoms with van der Waals surface area (Å²) in [6.45, 7) is 0. The number of hydrazine groups is 1. The average Bonchev–Trinajstić information content (AvgIpc) is 1.85. The third-order valence-electron chi connectivity index (χ3n) is 0.699. The normalized spacial score (nSPS) is 9.45. The molecule has 0 spiro atoms. The van der Waals surface area contributed by atoms with Crippen LogP contribution in [0.4, 0.5) is 4.79 Å². The fourth-order valence-electron chi connectivity index (χ4n) is 0.391. The van der Waals surface area contributed by atoms with Gasteiger partial charge in [0.05, 0.1) is 0 Å². The molecule has 6 heteroatoms. The monoisotopic (exact) mass is 179 g/mol. The number of carbonyl (C=O) groups excluding carboxylic acids is 2. The third-order valence-corrected chi connectivity index (χ3v) is 0.942. The van der Waals surface area contributed by atoms with E-state index in [1.807, 2.05) is 5.32 Å². The van der Waals surface area contributed by atoms with Crippen LogP contribution in [0.1, 0.15) is 0 Å². The van der Waals surface area contributed by atoms with Gasteiger partial charge in [0.15, 0.2) is 0 Å². The molecule has 0 fully saturated rings. The Labute approximate surface area is 69.7 Å². The van der Waals surface area contributed by atoms with Crippen LogP contribution in [0.5, 0.6) is 0 Å². The van der Waals surface area contributed by atoms with Gasteiger partial charge < -0.3 is 0 Å². The molecule has 0 aliphatic heterocycles. The first-order chi connectivity index (χ1) is 5.06. The Morgan fingerprint density at radius 2 is 2.00 bits per heavy atom. The Morgan fingerprint density at radius 1 is 1.45 bits per heavy atom. The zero-order chi connectivity index (χ0) is 8.85. The number of alkyl halides is 1. The number of nitrogens with one attached hydrogen (secondary N) is 2. The Kier molecular flexibility index (Phi) is 4.56. The number of nitrogens with zero attached hydrogens (tertiary/aromatic N) is 1. The highest BCUT2D eigenvalue weighted by Gasteiger charge is 2.04. The summed E-state index contributed by atoms with van der Waals surface area (Å²) in [6, 6.07) is -0.583. The largest absolute Gasteiger partial charge is 0.335 e. The molecule has 0 aliphatic rings. The molecule has 0 saturated carbocycles. The molecule has 3 amide bonds. The Morgan fingerprint density at radius 3 is 2.36 bits per heavy atom. The van der Waals surface area contributed by atoms with Gasteiger partial charge in [-0.3, -0.25) is 15.5 Å². The summed E-state index contributed by atoms with van der Waals surface area (Å²) in [6.07, 6.45) is 0. The van der Waals surface area contributed by atoms with Gasteiger partial charge in [-0.25, -0.2) is 9.80 Å². The van der Waals surface area contributed by atoms with Crippen molar-refractivity contribution in [1.29, 1.82) is 0 Å². The number of urea groups is 1. The van der Waals surface area contributed by atoms with Gasteiger partial charge in [0, 0.05) is 14.1 Å². The summed E-state index contributed by atoms with van der Waals surface area (Å²) in [4.78, 5) is 21.2. The lowest BCUT2D eigenvalue weighted by atomic mass is 10.7. The van der Waals surface area contributed by atoms with Crippen LogP contribution in [0.3, 0.4) is 0 Å². The standard InChI is InChI=1S/C5H10ClN3O2/c1-9(2)8-5(11)7-4(10)3-6/h3H2,1-2H3,(H2,7,8,10,11). The van der Waals surface area contributed by atoms with Crippen molar-refractivity contribution >= 4 is 23.5 Å². The van der Waals surface area contributed by atoms with Crippen LogP contribution in [0.2, 0.25) is 0 Å². The van der Waals surface area contributed by atoms with Gasteiger partial charge in [0.1, 0.15) is 5.88 Å². The van der Waals surface area contributed by atoms with Crippen molar-refractivity contribution in [3.05, 3.63) is 0 Å². The van der Waals surface area contributed by atoms with Crippen molar-refractivity contribution in [1.82, 2.24) is 15.8 Å². The smallest absolute Gasteiger partial charge is 0.276 e. The quantitative estimate of drug-likeness (QED) is 0.445. The fourth-order valence-corrected chi connectivity index (χ4v) is 0.458. The van der Waals surface area contributed by atoms with Crippen molar-refractivity contribution in [3.8, 4) is 0 Å². The molecule has 0 radical (unpaired) electrons. The lowest BCUT2D eigenvalue weighted by Crippen LogP contribution is -2.45. The molecule has 11 heavy (non-hydrogen) atoms. The van der Waals surface area contributed by atoms with E-state index in [1.165, 1.54) is 5.01 Å². The number of imide groups is 1. The molecule has 2 N–H and O–H groups in total. The Balaban J connectivity index is 3.61. The van der Waals surface area contributed by atoms with Crippen LogP contribution in [-0.2, 0) is 4.79 Å². The minimum atomic E-state index is -0.583. The van der Waals surface area contributed by atoms with Gasteiger partial charge in [0.2, 0.25) is 5.91 Å². The topological polar surface area (TPSA) is 61.4 Å². The molecule has 5 nitrogen and oxygen atoms in total. The van der Waals surface area contributed by atoms with Crippen molar-refractivity contribution in [2.75, 3.05) is 20.0 Å². The highest BCUT2D eigenvalue weighted by Crippen LogP contribution is 1.74. The maximum atomic E-state index is 10.7. The second-order valence-electron chi connectivity index (χ2n) is 2.02. The number of hydrogen-bond donors (Lipinski definition) is 2. The minimum Gasteiger partial charge on any atom is -0.276 e. The Bertz CT molecular complexity index is 160. The van der Waals surface area contributed by atoms with Crippen molar-refractivity contribution in [2.24, 2.45) is 0 Å². The van der Waals surface area contributed by atoms with Crippen LogP contribution >= 0.6 is 11.6 Å². The van der Waals surface area contributed by atoms with E-state index >= 15 is 0 Å².